The van der Waals surface area contributed by atoms with Crippen LogP contribution in [0.5, 0.6) is 0 Å². The van der Waals surface area contributed by atoms with Crippen LogP contribution in [-0.2, 0) is 0 Å². The highest BCUT2D eigenvalue weighted by molar-refractivity contribution is 6.31. The highest BCUT2D eigenvalue weighted by atomic mass is 35.5. The molecule has 0 aliphatic carbocycles. The van der Waals surface area contributed by atoms with E-state index in [0.29, 0.717) is 10.0 Å². The van der Waals surface area contributed by atoms with Gasteiger partial charge in [-0.15, -0.1) is 0 Å². The molecule has 0 aliphatic rings. The maximum Gasteiger partial charge on any atom is 0.335 e. The van der Waals surface area contributed by atoms with E-state index in [1.165, 1.54) is 31.2 Å². The molecule has 0 fully saturated rings. The lowest BCUT2D eigenvalue weighted by molar-refractivity contribution is 0.0686. The molecule has 0 saturated heterocycles. The van der Waals surface area contributed by atoms with E-state index in [1.54, 1.807) is 24.3 Å². The van der Waals surface area contributed by atoms with E-state index in [0.717, 1.165) is 0 Å². The van der Waals surface area contributed by atoms with Crippen molar-refractivity contribution in [3.63, 3.8) is 0 Å². The van der Waals surface area contributed by atoms with E-state index in [2.05, 4.69) is 0 Å². The maximum absolute atomic E-state index is 10.3. The quantitative estimate of drug-likeness (QED) is 0.639. The predicted molar refractivity (Wildman–Crippen MR) is 95.6 cm³/mol. The second-order valence-electron chi connectivity index (χ2n) is 4.66. The average molecular weight is 389 g/mol. The fourth-order valence-electron chi connectivity index (χ4n) is 1.24. The predicted octanol–water partition coefficient (Wildman–Crippen LogP) is 3.44. The molecule has 2 rings (SSSR count). The summed E-state index contributed by atoms with van der Waals surface area (Å²) in [5, 5.41) is 33.8. The molecule has 0 saturated carbocycles. The van der Waals surface area contributed by atoms with Crippen LogP contribution in [0.25, 0.3) is 0 Å². The molecular weight excluding hydrogens is 371 g/mol. The molecule has 0 bridgehead atoms. The third-order valence-electron chi connectivity index (χ3n) is 2.41. The SMILES string of the molecule is CC(O)CO.O=C(O)c1cccc(Cl)c1.O=C(O)c1cccc(Cl)c1. The van der Waals surface area contributed by atoms with Gasteiger partial charge in [-0.05, 0) is 43.3 Å². The molecular formula is C17H18Cl2O6. The Hall–Kier alpha value is -2.12. The van der Waals surface area contributed by atoms with Crippen molar-refractivity contribution >= 4 is 35.1 Å². The number of carboxylic acid groups (broad SMARTS) is 2. The van der Waals surface area contributed by atoms with Crippen LogP contribution in [-0.4, -0.2) is 45.1 Å². The van der Waals surface area contributed by atoms with Gasteiger partial charge < -0.3 is 20.4 Å². The van der Waals surface area contributed by atoms with Crippen molar-refractivity contribution in [1.82, 2.24) is 0 Å². The molecule has 0 heterocycles. The summed E-state index contributed by atoms with van der Waals surface area (Å²) in [6.45, 7) is 1.39. The molecule has 136 valence electrons. The molecule has 1 unspecified atom stereocenters. The molecule has 8 heteroatoms. The number of aromatic carboxylic acids is 2. The van der Waals surface area contributed by atoms with E-state index in [-0.39, 0.29) is 17.7 Å². The molecule has 0 radical (unpaired) electrons. The summed E-state index contributed by atoms with van der Waals surface area (Å²) < 4.78 is 0. The number of hydrogen-bond acceptors (Lipinski definition) is 4. The van der Waals surface area contributed by atoms with Crippen molar-refractivity contribution in [2.24, 2.45) is 0 Å². The first-order valence-electron chi connectivity index (χ1n) is 6.94. The highest BCUT2D eigenvalue weighted by Gasteiger charge is 2.01. The average Bonchev–Trinajstić information content (AvgIpc) is 2.56. The minimum absolute atomic E-state index is 0.139. The van der Waals surface area contributed by atoms with E-state index in [4.69, 9.17) is 43.6 Å². The smallest absolute Gasteiger partial charge is 0.335 e. The maximum atomic E-state index is 10.3. The van der Waals surface area contributed by atoms with Gasteiger partial charge in [0.15, 0.2) is 0 Å². The number of benzene rings is 2. The van der Waals surface area contributed by atoms with Gasteiger partial charge in [0.05, 0.1) is 23.8 Å². The Morgan fingerprint density at radius 3 is 1.40 bits per heavy atom. The second kappa shape index (κ2) is 12.3. The van der Waals surface area contributed by atoms with E-state index in [9.17, 15) is 9.59 Å². The van der Waals surface area contributed by atoms with Gasteiger partial charge in [0, 0.05) is 10.0 Å². The van der Waals surface area contributed by atoms with Crippen LogP contribution >= 0.6 is 23.2 Å². The van der Waals surface area contributed by atoms with Crippen LogP contribution in [0.1, 0.15) is 27.6 Å². The number of rotatable bonds is 3. The third kappa shape index (κ3) is 11.1. The molecule has 2 aromatic carbocycles. The summed E-state index contributed by atoms with van der Waals surface area (Å²) in [5.74, 6) is -1.91. The zero-order chi connectivity index (χ0) is 19.4. The number of aliphatic hydroxyl groups is 2. The van der Waals surface area contributed by atoms with Gasteiger partial charge in [0.1, 0.15) is 0 Å². The van der Waals surface area contributed by atoms with Crippen molar-refractivity contribution in [1.29, 1.82) is 0 Å². The van der Waals surface area contributed by atoms with Crippen LogP contribution in [0.4, 0.5) is 0 Å². The molecule has 1 atom stereocenters. The van der Waals surface area contributed by atoms with Crippen molar-refractivity contribution in [3.8, 4) is 0 Å². The van der Waals surface area contributed by atoms with Crippen LogP contribution in [0.3, 0.4) is 0 Å². The standard InChI is InChI=1S/2C7H5ClO2.C3H8O2/c2*8-6-3-1-2-5(4-6)7(9)10;1-3(5)2-4/h2*1-4H,(H,9,10);3-5H,2H2,1H3. The number of halogens is 2. The van der Waals surface area contributed by atoms with Gasteiger partial charge in [0.2, 0.25) is 0 Å². The third-order valence-corrected chi connectivity index (χ3v) is 2.88. The zero-order valence-electron chi connectivity index (χ0n) is 13.3. The first kappa shape index (κ1) is 22.9. The number of carbonyl (C=O) groups is 2. The van der Waals surface area contributed by atoms with Crippen molar-refractivity contribution in [3.05, 3.63) is 69.7 Å². The summed E-state index contributed by atoms with van der Waals surface area (Å²) >= 11 is 11.1. The fraction of sp³-hybridized carbons (Fsp3) is 0.176. The van der Waals surface area contributed by atoms with Crippen LogP contribution < -0.4 is 0 Å². The van der Waals surface area contributed by atoms with Gasteiger partial charge in [-0.3, -0.25) is 0 Å². The number of hydrogen-bond donors (Lipinski definition) is 4. The summed E-state index contributed by atoms with van der Waals surface area (Å²) in [7, 11) is 0. The second-order valence-corrected chi connectivity index (χ2v) is 5.54. The monoisotopic (exact) mass is 388 g/mol. The number of carboxylic acids is 2. The topological polar surface area (TPSA) is 115 Å². The van der Waals surface area contributed by atoms with Crippen molar-refractivity contribution < 1.29 is 30.0 Å². The molecule has 4 N–H and O–H groups in total. The Balaban J connectivity index is 0.000000368. The first-order valence-corrected chi connectivity index (χ1v) is 7.69. The van der Waals surface area contributed by atoms with Gasteiger partial charge in [-0.25, -0.2) is 9.59 Å². The van der Waals surface area contributed by atoms with E-state index in [1.807, 2.05) is 0 Å². The van der Waals surface area contributed by atoms with Crippen LogP contribution in [0.2, 0.25) is 10.0 Å². The molecule has 6 nitrogen and oxygen atoms in total. The number of aliphatic hydroxyl groups excluding tert-OH is 2. The molecule has 0 spiro atoms. The first-order chi connectivity index (χ1) is 11.7. The van der Waals surface area contributed by atoms with Gasteiger partial charge >= 0.3 is 11.9 Å². The highest BCUT2D eigenvalue weighted by Crippen LogP contribution is 2.10. The Morgan fingerprint density at radius 1 is 0.920 bits per heavy atom. The minimum Gasteiger partial charge on any atom is -0.478 e. The molecule has 25 heavy (non-hydrogen) atoms. The van der Waals surface area contributed by atoms with E-state index < -0.39 is 18.0 Å². The Kier molecular flexibility index (Phi) is 11.2. The van der Waals surface area contributed by atoms with Crippen molar-refractivity contribution in [2.75, 3.05) is 6.61 Å². The van der Waals surface area contributed by atoms with Gasteiger partial charge in [0.25, 0.3) is 0 Å². The molecule has 0 amide bonds. The lowest BCUT2D eigenvalue weighted by Gasteiger charge is -1.92. The largest absolute Gasteiger partial charge is 0.478 e. The zero-order valence-corrected chi connectivity index (χ0v) is 14.8. The Bertz CT molecular complexity index is 633. The molecule has 0 aliphatic heterocycles. The lowest BCUT2D eigenvalue weighted by Crippen LogP contribution is -2.03. The van der Waals surface area contributed by atoms with Gasteiger partial charge in [-0.2, -0.15) is 0 Å². The summed E-state index contributed by atoms with van der Waals surface area (Å²) in [6.07, 6.45) is -0.560. The Morgan fingerprint density at radius 2 is 1.24 bits per heavy atom. The lowest BCUT2D eigenvalue weighted by atomic mass is 10.2. The minimum atomic E-state index is -0.956. The molecule has 0 aromatic heterocycles. The summed E-state index contributed by atoms with van der Waals surface area (Å²) in [5.41, 5.74) is 0.431. The van der Waals surface area contributed by atoms with Crippen LogP contribution in [0.15, 0.2) is 48.5 Å². The van der Waals surface area contributed by atoms with E-state index >= 15 is 0 Å². The molecule has 2 aromatic rings. The summed E-state index contributed by atoms with van der Waals surface area (Å²) in [6, 6.07) is 12.3. The fourth-order valence-corrected chi connectivity index (χ4v) is 1.62. The van der Waals surface area contributed by atoms with Crippen LogP contribution in [0, 0.1) is 0 Å². The Labute approximate surface area is 154 Å². The van der Waals surface area contributed by atoms with Gasteiger partial charge in [-0.1, -0.05) is 35.3 Å². The summed E-state index contributed by atoms with van der Waals surface area (Å²) in [4.78, 5) is 20.6. The van der Waals surface area contributed by atoms with Crippen molar-refractivity contribution in [2.45, 2.75) is 13.0 Å². The normalized spacial score (nSPS) is 10.4.